The van der Waals surface area contributed by atoms with Crippen LogP contribution in [-0.2, 0) is 4.79 Å². The van der Waals surface area contributed by atoms with Crippen molar-refractivity contribution in [2.45, 2.75) is 106 Å². The van der Waals surface area contributed by atoms with Gasteiger partial charge in [0, 0.05) is 11.8 Å². The quantitative estimate of drug-likeness (QED) is 0.465. The maximum Gasteiger partial charge on any atom is 0.138 e. The van der Waals surface area contributed by atoms with Crippen LogP contribution in [0.4, 0.5) is 0 Å². The smallest absolute Gasteiger partial charge is 0.138 e. The molecule has 8 atom stereocenters. The fourth-order valence-corrected chi connectivity index (χ4v) is 9.46. The van der Waals surface area contributed by atoms with Crippen LogP contribution < -0.4 is 0 Å². The molecule has 2 N–H and O–H groups in total. The van der Waals surface area contributed by atoms with Crippen LogP contribution in [0.25, 0.3) is 0 Å². The number of fused-ring (bicyclic) bond motifs is 5. The summed E-state index contributed by atoms with van der Waals surface area (Å²) in [6.45, 7) is 16.2. The number of rotatable bonds is 5. The highest BCUT2D eigenvalue weighted by molar-refractivity contribution is 5.85. The van der Waals surface area contributed by atoms with Gasteiger partial charge in [0.1, 0.15) is 5.78 Å². The molecule has 4 aliphatic rings. The van der Waals surface area contributed by atoms with Crippen LogP contribution in [0, 0.1) is 45.3 Å². The largest absolute Gasteiger partial charge is 0.392 e. The molecule has 0 bridgehead atoms. The average molecular weight is 457 g/mol. The molecule has 0 unspecified atom stereocenters. The van der Waals surface area contributed by atoms with E-state index in [2.05, 4.69) is 47.6 Å². The normalized spacial score (nSPS) is 44.4. The van der Waals surface area contributed by atoms with E-state index in [1.54, 1.807) is 5.57 Å². The third kappa shape index (κ3) is 3.63. The van der Waals surface area contributed by atoms with Gasteiger partial charge in [0.25, 0.3) is 0 Å². The van der Waals surface area contributed by atoms with Gasteiger partial charge in [-0.25, -0.2) is 0 Å². The van der Waals surface area contributed by atoms with Crippen molar-refractivity contribution >= 4 is 5.78 Å². The number of ketones is 1. The van der Waals surface area contributed by atoms with E-state index in [1.807, 2.05) is 13.0 Å². The van der Waals surface area contributed by atoms with Gasteiger partial charge in [-0.1, -0.05) is 59.3 Å². The highest BCUT2D eigenvalue weighted by atomic mass is 16.3. The Morgan fingerprint density at radius 1 is 1.15 bits per heavy atom. The summed E-state index contributed by atoms with van der Waals surface area (Å²) < 4.78 is 0. The molecule has 0 heterocycles. The van der Waals surface area contributed by atoms with E-state index in [0.717, 1.165) is 31.3 Å². The van der Waals surface area contributed by atoms with Crippen LogP contribution in [-0.4, -0.2) is 28.7 Å². The van der Waals surface area contributed by atoms with Crippen LogP contribution in [0.5, 0.6) is 0 Å². The number of allylic oxidation sites excluding steroid dienone is 2. The van der Waals surface area contributed by atoms with Gasteiger partial charge in [-0.3, -0.25) is 4.79 Å². The minimum absolute atomic E-state index is 0.0162. The molecule has 3 fully saturated rings. The summed E-state index contributed by atoms with van der Waals surface area (Å²) >= 11 is 0. The van der Waals surface area contributed by atoms with Gasteiger partial charge in [-0.05, 0) is 97.4 Å². The minimum atomic E-state index is -0.477. The minimum Gasteiger partial charge on any atom is -0.392 e. The van der Waals surface area contributed by atoms with E-state index in [9.17, 15) is 15.0 Å². The molecule has 4 aliphatic carbocycles. The van der Waals surface area contributed by atoms with Gasteiger partial charge >= 0.3 is 0 Å². The summed E-state index contributed by atoms with van der Waals surface area (Å²) in [5, 5.41) is 19.9. The average Bonchev–Trinajstić information content (AvgIpc) is 3.02. The lowest BCUT2D eigenvalue weighted by Gasteiger charge is -2.63. The summed E-state index contributed by atoms with van der Waals surface area (Å²) in [6.07, 6.45) is 12.5. The third-order valence-electron chi connectivity index (χ3n) is 11.7. The first-order valence-electron chi connectivity index (χ1n) is 13.5. The zero-order valence-corrected chi connectivity index (χ0v) is 22.2. The molecule has 3 heteroatoms. The van der Waals surface area contributed by atoms with Gasteiger partial charge in [-0.2, -0.15) is 0 Å². The lowest BCUT2D eigenvalue weighted by molar-refractivity contribution is -0.146. The van der Waals surface area contributed by atoms with Crippen LogP contribution in [0.15, 0.2) is 23.3 Å². The molecular formula is C30H48O3. The van der Waals surface area contributed by atoms with Gasteiger partial charge in [0.2, 0.25) is 0 Å². The number of carbonyl (C=O) groups is 1. The van der Waals surface area contributed by atoms with Crippen molar-refractivity contribution in [3.05, 3.63) is 23.3 Å². The van der Waals surface area contributed by atoms with Crippen LogP contribution >= 0.6 is 0 Å². The topological polar surface area (TPSA) is 57.5 Å². The molecule has 33 heavy (non-hydrogen) atoms. The first-order valence-corrected chi connectivity index (χ1v) is 13.5. The van der Waals surface area contributed by atoms with E-state index in [4.69, 9.17) is 0 Å². The van der Waals surface area contributed by atoms with Crippen molar-refractivity contribution in [1.82, 2.24) is 0 Å². The summed E-state index contributed by atoms with van der Waals surface area (Å²) in [5.74, 6) is 2.59. The molecule has 186 valence electrons. The zero-order valence-electron chi connectivity index (χ0n) is 22.2. The second kappa shape index (κ2) is 8.33. The van der Waals surface area contributed by atoms with Crippen molar-refractivity contribution in [3.8, 4) is 0 Å². The lowest BCUT2D eigenvalue weighted by atomic mass is 9.41. The molecule has 0 spiro atoms. The maximum atomic E-state index is 12.8. The Labute approximate surface area is 202 Å². The molecule has 3 nitrogen and oxygen atoms in total. The fraction of sp³-hybridized carbons (Fsp3) is 0.833. The van der Waals surface area contributed by atoms with Gasteiger partial charge in [0.05, 0.1) is 12.7 Å². The fourth-order valence-electron chi connectivity index (χ4n) is 9.46. The predicted octanol–water partition coefficient (Wildman–Crippen LogP) is 6.49. The molecule has 4 rings (SSSR count). The Morgan fingerprint density at radius 2 is 1.85 bits per heavy atom. The van der Waals surface area contributed by atoms with E-state index < -0.39 is 6.10 Å². The number of aliphatic hydroxyl groups excluding tert-OH is 2. The summed E-state index contributed by atoms with van der Waals surface area (Å²) in [5.41, 5.74) is 3.06. The first-order chi connectivity index (χ1) is 15.3. The molecule has 0 aromatic heterocycles. The third-order valence-corrected chi connectivity index (χ3v) is 11.7. The Morgan fingerprint density at radius 3 is 2.52 bits per heavy atom. The molecule has 0 radical (unpaired) electrons. The van der Waals surface area contributed by atoms with Gasteiger partial charge < -0.3 is 10.2 Å². The second-order valence-electron chi connectivity index (χ2n) is 13.5. The molecular weight excluding hydrogens is 408 g/mol. The Hall–Kier alpha value is -0.930. The van der Waals surface area contributed by atoms with Crippen molar-refractivity contribution in [3.63, 3.8) is 0 Å². The Bertz CT molecular complexity index is 853. The highest BCUT2D eigenvalue weighted by Crippen LogP contribution is 2.73. The van der Waals surface area contributed by atoms with Gasteiger partial charge in [-0.15, -0.1) is 0 Å². The number of carbonyl (C=O) groups excluding carboxylic acids is 1. The number of hydrogen-bond acceptors (Lipinski definition) is 3. The Kier molecular flexibility index (Phi) is 6.35. The van der Waals surface area contributed by atoms with E-state index in [-0.39, 0.29) is 28.3 Å². The van der Waals surface area contributed by atoms with E-state index in [1.165, 1.54) is 25.7 Å². The monoisotopic (exact) mass is 456 g/mol. The number of hydrogen-bond donors (Lipinski definition) is 2. The van der Waals surface area contributed by atoms with Crippen molar-refractivity contribution in [1.29, 1.82) is 0 Å². The first kappa shape index (κ1) is 25.2. The van der Waals surface area contributed by atoms with Crippen LogP contribution in [0.3, 0.4) is 0 Å². The van der Waals surface area contributed by atoms with E-state index >= 15 is 0 Å². The standard InChI is InChI=1S/C30H48O3/c1-19(18-31)16-21(32)17-20(2)22-10-14-30(7)24-8-9-25-27(3,4)26(33)12-13-28(25,5)23(24)11-15-29(22,30)6/h8,16,20-23,25,31-32H,9-15,17-18H2,1-7H3/b19-16+/t20-,21+,22-,23-,25+,28+,29-,30+/m0/s1. The van der Waals surface area contributed by atoms with Crippen molar-refractivity contribution < 1.29 is 15.0 Å². The maximum absolute atomic E-state index is 12.8. The number of Topliss-reactive ketones (excluding diaryl/α,β-unsaturated/α-hetero) is 1. The van der Waals surface area contributed by atoms with Crippen molar-refractivity contribution in [2.75, 3.05) is 6.61 Å². The molecule has 0 amide bonds. The summed E-state index contributed by atoms with van der Waals surface area (Å²) in [7, 11) is 0. The summed E-state index contributed by atoms with van der Waals surface area (Å²) in [4.78, 5) is 12.8. The predicted molar refractivity (Wildman–Crippen MR) is 135 cm³/mol. The van der Waals surface area contributed by atoms with Gasteiger partial charge in [0.15, 0.2) is 0 Å². The molecule has 3 saturated carbocycles. The molecule has 0 aromatic rings. The molecule has 0 aromatic carbocycles. The van der Waals surface area contributed by atoms with E-state index in [0.29, 0.717) is 29.5 Å². The van der Waals surface area contributed by atoms with Crippen LogP contribution in [0.2, 0.25) is 0 Å². The Balaban J connectivity index is 1.61. The molecule has 0 aliphatic heterocycles. The zero-order chi connectivity index (χ0) is 24.4. The van der Waals surface area contributed by atoms with Crippen LogP contribution in [0.1, 0.15) is 99.8 Å². The highest BCUT2D eigenvalue weighted by Gasteiger charge is 2.65. The lowest BCUT2D eigenvalue weighted by Crippen LogP contribution is -2.57. The second-order valence-corrected chi connectivity index (χ2v) is 13.5. The molecule has 0 saturated heterocycles. The number of aliphatic hydroxyl groups is 2. The summed E-state index contributed by atoms with van der Waals surface area (Å²) in [6, 6.07) is 0. The SMILES string of the molecule is C/C(=C\[C@@H](O)C[C@H](C)[C@@H]1CC[C@]2(C)C3=CC[C@@H]4C(C)(C)C(=O)CC[C@]4(C)[C@H]3CC[C@@]12C)CO. The van der Waals surface area contributed by atoms with Crippen molar-refractivity contribution in [2.24, 2.45) is 45.3 Å².